The lowest BCUT2D eigenvalue weighted by Crippen LogP contribution is -2.46. The number of ether oxygens (including phenoxy) is 1. The number of nitrogens with one attached hydrogen (secondary N) is 1. The molecular weight excluding hydrogens is 273 g/mol. The first kappa shape index (κ1) is 15.7. The van der Waals surface area contributed by atoms with Crippen molar-refractivity contribution in [2.45, 2.75) is 25.4 Å². The summed E-state index contributed by atoms with van der Waals surface area (Å²) in [7, 11) is 0. The van der Waals surface area contributed by atoms with Gasteiger partial charge in [0.25, 0.3) is 0 Å². The third-order valence-electron chi connectivity index (χ3n) is 3.64. The minimum Gasteiger partial charge on any atom is -0.388 e. The Balaban J connectivity index is 1.92. The maximum Gasteiger partial charge on any atom is 0.244 e. The summed E-state index contributed by atoms with van der Waals surface area (Å²) in [5.74, 6) is -0.631. The van der Waals surface area contributed by atoms with Gasteiger partial charge in [0.15, 0.2) is 0 Å². The molecular formula is C16H20FNO3. The van der Waals surface area contributed by atoms with E-state index in [1.807, 2.05) is 0 Å². The van der Waals surface area contributed by atoms with Crippen LogP contribution in [0.15, 0.2) is 30.3 Å². The van der Waals surface area contributed by atoms with Crippen LogP contribution in [0.25, 0.3) is 5.57 Å². The summed E-state index contributed by atoms with van der Waals surface area (Å²) in [6.45, 7) is 2.95. The first-order valence-corrected chi connectivity index (χ1v) is 7.01. The molecule has 2 N–H and O–H groups in total. The number of carbonyl (C=O) groups excluding carboxylic acids is 1. The third kappa shape index (κ3) is 4.65. The number of aliphatic hydroxyl groups is 1. The van der Waals surface area contributed by atoms with Gasteiger partial charge in [-0.1, -0.05) is 12.1 Å². The fourth-order valence-electron chi connectivity index (χ4n) is 2.24. The highest BCUT2D eigenvalue weighted by Crippen LogP contribution is 2.19. The molecule has 1 amide bonds. The molecule has 0 spiro atoms. The van der Waals surface area contributed by atoms with Crippen LogP contribution >= 0.6 is 0 Å². The van der Waals surface area contributed by atoms with Crippen molar-refractivity contribution in [2.24, 2.45) is 0 Å². The molecule has 5 heteroatoms. The Morgan fingerprint density at radius 3 is 2.86 bits per heavy atom. The Labute approximate surface area is 123 Å². The fourth-order valence-corrected chi connectivity index (χ4v) is 2.24. The van der Waals surface area contributed by atoms with Crippen molar-refractivity contribution in [3.8, 4) is 0 Å². The molecule has 1 saturated heterocycles. The molecule has 0 aromatic heterocycles. The Bertz CT molecular complexity index is 536. The summed E-state index contributed by atoms with van der Waals surface area (Å²) in [6, 6.07) is 6.08. The van der Waals surface area contributed by atoms with Gasteiger partial charge in [-0.05, 0) is 30.2 Å². The zero-order valence-corrected chi connectivity index (χ0v) is 12.1. The SMILES string of the molecule is CC(=CC(=O)NCC1(O)CCOCC1)c1cccc(F)c1. The summed E-state index contributed by atoms with van der Waals surface area (Å²) < 4.78 is 18.3. The summed E-state index contributed by atoms with van der Waals surface area (Å²) >= 11 is 0. The molecule has 114 valence electrons. The van der Waals surface area contributed by atoms with E-state index in [0.29, 0.717) is 37.2 Å². The average molecular weight is 293 g/mol. The third-order valence-corrected chi connectivity index (χ3v) is 3.64. The number of carbonyl (C=O) groups is 1. The number of halogens is 1. The summed E-state index contributed by atoms with van der Waals surface area (Å²) in [5.41, 5.74) is 0.440. The van der Waals surface area contributed by atoms with E-state index in [9.17, 15) is 14.3 Å². The maximum atomic E-state index is 13.1. The topological polar surface area (TPSA) is 58.6 Å². The van der Waals surface area contributed by atoms with E-state index in [4.69, 9.17) is 4.74 Å². The molecule has 1 aliphatic rings. The molecule has 1 aliphatic heterocycles. The number of benzene rings is 1. The minimum absolute atomic E-state index is 0.197. The Hall–Kier alpha value is -1.72. The second-order valence-electron chi connectivity index (χ2n) is 5.39. The molecule has 0 unspecified atom stereocenters. The van der Waals surface area contributed by atoms with Crippen molar-refractivity contribution in [1.29, 1.82) is 0 Å². The van der Waals surface area contributed by atoms with Crippen molar-refractivity contribution in [2.75, 3.05) is 19.8 Å². The number of rotatable bonds is 4. The number of hydrogen-bond donors (Lipinski definition) is 2. The molecule has 1 aromatic rings. The molecule has 0 aliphatic carbocycles. The second kappa shape index (κ2) is 6.83. The molecule has 1 fully saturated rings. The van der Waals surface area contributed by atoms with Crippen molar-refractivity contribution in [1.82, 2.24) is 5.32 Å². The average Bonchev–Trinajstić information content (AvgIpc) is 2.46. The van der Waals surface area contributed by atoms with Crippen LogP contribution in [0.4, 0.5) is 4.39 Å². The van der Waals surface area contributed by atoms with Crippen molar-refractivity contribution < 1.29 is 19.0 Å². The van der Waals surface area contributed by atoms with Gasteiger partial charge in [-0.2, -0.15) is 0 Å². The maximum absolute atomic E-state index is 13.1. The number of hydrogen-bond acceptors (Lipinski definition) is 3. The van der Waals surface area contributed by atoms with Crippen LogP contribution in [-0.4, -0.2) is 36.4 Å². The van der Waals surface area contributed by atoms with Crippen LogP contribution in [0.2, 0.25) is 0 Å². The molecule has 2 rings (SSSR count). The van der Waals surface area contributed by atoms with Crippen LogP contribution in [0.5, 0.6) is 0 Å². The van der Waals surface area contributed by atoms with Gasteiger partial charge in [-0.15, -0.1) is 0 Å². The van der Waals surface area contributed by atoms with Crippen molar-refractivity contribution in [3.63, 3.8) is 0 Å². The van der Waals surface area contributed by atoms with Gasteiger partial charge in [0.2, 0.25) is 5.91 Å². The van der Waals surface area contributed by atoms with E-state index < -0.39 is 5.60 Å². The van der Waals surface area contributed by atoms with E-state index in [2.05, 4.69) is 5.32 Å². The molecule has 0 radical (unpaired) electrons. The normalized spacial score (nSPS) is 18.3. The summed E-state index contributed by atoms with van der Waals surface area (Å²) in [5, 5.41) is 12.9. The quantitative estimate of drug-likeness (QED) is 0.833. The molecule has 21 heavy (non-hydrogen) atoms. The van der Waals surface area contributed by atoms with Crippen LogP contribution in [0.1, 0.15) is 25.3 Å². The monoisotopic (exact) mass is 293 g/mol. The highest BCUT2D eigenvalue weighted by atomic mass is 19.1. The minimum atomic E-state index is -0.894. The van der Waals surface area contributed by atoms with Gasteiger partial charge in [0.05, 0.1) is 5.60 Å². The summed E-state index contributed by atoms with van der Waals surface area (Å²) in [4.78, 5) is 11.9. The van der Waals surface area contributed by atoms with Gasteiger partial charge >= 0.3 is 0 Å². The van der Waals surface area contributed by atoms with Crippen LogP contribution in [0.3, 0.4) is 0 Å². The van der Waals surface area contributed by atoms with E-state index in [1.54, 1.807) is 19.1 Å². The Morgan fingerprint density at radius 1 is 1.48 bits per heavy atom. The summed E-state index contributed by atoms with van der Waals surface area (Å²) in [6.07, 6.45) is 2.44. The lowest BCUT2D eigenvalue weighted by Gasteiger charge is -2.31. The highest BCUT2D eigenvalue weighted by Gasteiger charge is 2.29. The predicted molar refractivity (Wildman–Crippen MR) is 78.1 cm³/mol. The molecule has 1 aromatic carbocycles. The van der Waals surface area contributed by atoms with Crippen LogP contribution in [-0.2, 0) is 9.53 Å². The fraction of sp³-hybridized carbons (Fsp3) is 0.438. The van der Waals surface area contributed by atoms with Gasteiger partial charge in [0.1, 0.15) is 5.82 Å². The predicted octanol–water partition coefficient (Wildman–Crippen LogP) is 1.89. The van der Waals surface area contributed by atoms with Gasteiger partial charge in [0, 0.05) is 38.7 Å². The van der Waals surface area contributed by atoms with E-state index >= 15 is 0 Å². The molecule has 1 heterocycles. The van der Waals surface area contributed by atoms with Gasteiger partial charge in [-0.3, -0.25) is 4.79 Å². The van der Waals surface area contributed by atoms with Crippen LogP contribution < -0.4 is 5.32 Å². The zero-order valence-electron chi connectivity index (χ0n) is 12.1. The Morgan fingerprint density at radius 2 is 2.19 bits per heavy atom. The lowest BCUT2D eigenvalue weighted by atomic mass is 9.94. The van der Waals surface area contributed by atoms with Crippen LogP contribution in [0, 0.1) is 5.82 Å². The smallest absolute Gasteiger partial charge is 0.244 e. The first-order chi connectivity index (χ1) is 9.98. The number of amides is 1. The van der Waals surface area contributed by atoms with E-state index in [-0.39, 0.29) is 18.3 Å². The largest absolute Gasteiger partial charge is 0.388 e. The Kier molecular flexibility index (Phi) is 5.09. The van der Waals surface area contributed by atoms with Crippen molar-refractivity contribution >= 4 is 11.5 Å². The highest BCUT2D eigenvalue weighted by molar-refractivity contribution is 5.94. The standard InChI is InChI=1S/C16H20FNO3/c1-12(13-3-2-4-14(17)10-13)9-15(19)18-11-16(20)5-7-21-8-6-16/h2-4,9-10,20H,5-8,11H2,1H3,(H,18,19). The lowest BCUT2D eigenvalue weighted by molar-refractivity contribution is -0.119. The number of allylic oxidation sites excluding steroid dienone is 1. The molecule has 0 atom stereocenters. The van der Waals surface area contributed by atoms with E-state index in [1.165, 1.54) is 18.2 Å². The first-order valence-electron chi connectivity index (χ1n) is 7.01. The van der Waals surface area contributed by atoms with Gasteiger partial charge in [-0.25, -0.2) is 4.39 Å². The van der Waals surface area contributed by atoms with Crippen molar-refractivity contribution in [3.05, 3.63) is 41.7 Å². The molecule has 0 bridgehead atoms. The van der Waals surface area contributed by atoms with E-state index in [0.717, 1.165) is 0 Å². The molecule has 0 saturated carbocycles. The zero-order chi connectivity index (χ0) is 15.3. The molecule has 4 nitrogen and oxygen atoms in total. The second-order valence-corrected chi connectivity index (χ2v) is 5.39. The van der Waals surface area contributed by atoms with Gasteiger partial charge < -0.3 is 15.2 Å².